The summed E-state index contributed by atoms with van der Waals surface area (Å²) in [5, 5.41) is 69.3. The first-order valence-electron chi connectivity index (χ1n) is 10.0. The van der Waals surface area contributed by atoms with Crippen molar-refractivity contribution >= 4 is 16.9 Å². The number of aromatic hydroxyl groups is 3. The molecule has 0 aliphatic carbocycles. The Bertz CT molecular complexity index is 1330. The van der Waals surface area contributed by atoms with Crippen molar-refractivity contribution in [3.63, 3.8) is 0 Å². The first-order valence-corrected chi connectivity index (χ1v) is 10.0. The monoisotopic (exact) mass is 492 g/mol. The van der Waals surface area contributed by atoms with Gasteiger partial charge in [-0.2, -0.15) is 0 Å². The van der Waals surface area contributed by atoms with Gasteiger partial charge in [-0.25, -0.2) is 4.79 Å². The molecule has 0 amide bonds. The van der Waals surface area contributed by atoms with Gasteiger partial charge < -0.3 is 54.4 Å². The van der Waals surface area contributed by atoms with Crippen LogP contribution in [0.1, 0.15) is 0 Å². The van der Waals surface area contributed by atoms with Crippen LogP contribution in [-0.4, -0.2) is 79.5 Å². The van der Waals surface area contributed by atoms with Crippen molar-refractivity contribution in [2.75, 3.05) is 7.11 Å². The lowest BCUT2D eigenvalue weighted by Crippen LogP contribution is -2.61. The third kappa shape index (κ3) is 4.06. The van der Waals surface area contributed by atoms with Crippen LogP contribution in [0.2, 0.25) is 0 Å². The average Bonchev–Trinajstić information content (AvgIpc) is 2.81. The summed E-state index contributed by atoms with van der Waals surface area (Å²) in [5.41, 5.74) is -1.16. The summed E-state index contributed by atoms with van der Waals surface area (Å²) in [4.78, 5) is 24.9. The number of carbonyl (C=O) groups is 1. The highest BCUT2D eigenvalue weighted by Crippen LogP contribution is 2.43. The van der Waals surface area contributed by atoms with Crippen LogP contribution in [0.4, 0.5) is 0 Å². The van der Waals surface area contributed by atoms with E-state index in [1.165, 1.54) is 24.3 Å². The lowest BCUT2D eigenvalue weighted by atomic mass is 9.99. The van der Waals surface area contributed by atoms with Gasteiger partial charge in [-0.05, 0) is 24.3 Å². The molecule has 2 aromatic carbocycles. The van der Waals surface area contributed by atoms with Crippen LogP contribution in [0.25, 0.3) is 22.3 Å². The number of carboxylic acid groups (broad SMARTS) is 1. The second-order valence-corrected chi connectivity index (χ2v) is 7.64. The molecular formula is C22H20O13. The zero-order valence-electron chi connectivity index (χ0n) is 17.9. The molecule has 3 aromatic rings. The van der Waals surface area contributed by atoms with Crippen molar-refractivity contribution in [3.05, 3.63) is 40.6 Å². The van der Waals surface area contributed by atoms with Gasteiger partial charge in [0.15, 0.2) is 23.4 Å². The standard InChI is InChI=1S/C22H20O13/c1-32-18-9(24)6-10-11(12(18)25)13(26)19(17(33-10)7-2-4-8(23)5-3-7)34-22-16(29)14(27)15(28)20(35-22)21(30)31/h2-6,14-16,20,22-25,27-29H,1H3,(H,30,31). The second-order valence-electron chi connectivity index (χ2n) is 7.64. The molecule has 5 unspecified atom stereocenters. The largest absolute Gasteiger partial charge is 0.508 e. The van der Waals surface area contributed by atoms with E-state index < -0.39 is 70.5 Å². The minimum atomic E-state index is -2.01. The van der Waals surface area contributed by atoms with E-state index in [-0.39, 0.29) is 22.7 Å². The molecule has 7 N–H and O–H groups in total. The second kappa shape index (κ2) is 8.96. The van der Waals surface area contributed by atoms with Crippen molar-refractivity contribution in [1.82, 2.24) is 0 Å². The minimum absolute atomic E-state index is 0.119. The SMILES string of the molecule is COc1c(O)cc2oc(-c3ccc(O)cc3)c(OC3OC(C(=O)O)C(O)C(O)C3O)c(=O)c2c1O. The Labute approximate surface area is 195 Å². The highest BCUT2D eigenvalue weighted by atomic mass is 16.7. The summed E-state index contributed by atoms with van der Waals surface area (Å²) < 4.78 is 21.2. The van der Waals surface area contributed by atoms with Crippen molar-refractivity contribution in [2.24, 2.45) is 0 Å². The van der Waals surface area contributed by atoms with Gasteiger partial charge in [0, 0.05) is 11.6 Å². The van der Waals surface area contributed by atoms with Gasteiger partial charge in [0.2, 0.25) is 23.2 Å². The molecule has 186 valence electrons. The molecule has 5 atom stereocenters. The van der Waals surface area contributed by atoms with Crippen LogP contribution >= 0.6 is 0 Å². The number of fused-ring (bicyclic) bond motifs is 1. The Hall–Kier alpha value is -4.04. The first kappa shape index (κ1) is 24.1. The van der Waals surface area contributed by atoms with Gasteiger partial charge in [0.25, 0.3) is 0 Å². The Morgan fingerprint density at radius 2 is 1.63 bits per heavy atom. The maximum absolute atomic E-state index is 13.4. The number of methoxy groups -OCH3 is 1. The number of aliphatic hydroxyl groups excluding tert-OH is 3. The lowest BCUT2D eigenvalue weighted by Gasteiger charge is -2.38. The van der Waals surface area contributed by atoms with Gasteiger partial charge in [0.1, 0.15) is 35.0 Å². The molecule has 0 saturated carbocycles. The molecule has 13 nitrogen and oxygen atoms in total. The maximum atomic E-state index is 13.4. The van der Waals surface area contributed by atoms with Crippen LogP contribution < -0.4 is 14.9 Å². The van der Waals surface area contributed by atoms with Crippen molar-refractivity contribution < 1.29 is 59.2 Å². The topological polar surface area (TPSA) is 217 Å². The van der Waals surface area contributed by atoms with Gasteiger partial charge in [0.05, 0.1) is 7.11 Å². The van der Waals surface area contributed by atoms with Crippen LogP contribution in [0.3, 0.4) is 0 Å². The number of hydrogen-bond acceptors (Lipinski definition) is 12. The predicted molar refractivity (Wildman–Crippen MR) is 114 cm³/mol. The number of benzene rings is 2. The van der Waals surface area contributed by atoms with Crippen LogP contribution in [0, 0.1) is 0 Å². The van der Waals surface area contributed by atoms with E-state index in [9.17, 15) is 45.3 Å². The van der Waals surface area contributed by atoms with Crippen molar-refractivity contribution in [2.45, 2.75) is 30.7 Å². The molecule has 0 radical (unpaired) electrons. The Morgan fingerprint density at radius 3 is 2.23 bits per heavy atom. The zero-order chi connectivity index (χ0) is 25.6. The summed E-state index contributed by atoms with van der Waals surface area (Å²) in [7, 11) is 1.13. The molecule has 1 saturated heterocycles. The molecule has 35 heavy (non-hydrogen) atoms. The lowest BCUT2D eigenvalue weighted by molar-refractivity contribution is -0.271. The van der Waals surface area contributed by atoms with Gasteiger partial charge in [-0.3, -0.25) is 4.79 Å². The number of ether oxygens (including phenoxy) is 3. The molecule has 1 aromatic heterocycles. The number of phenols is 3. The molecule has 2 heterocycles. The molecule has 4 rings (SSSR count). The molecule has 1 aliphatic rings. The van der Waals surface area contributed by atoms with E-state index in [0.29, 0.717) is 0 Å². The van der Waals surface area contributed by atoms with E-state index in [1.807, 2.05) is 0 Å². The van der Waals surface area contributed by atoms with Crippen LogP contribution in [0.15, 0.2) is 39.5 Å². The molecule has 0 spiro atoms. The van der Waals surface area contributed by atoms with E-state index >= 15 is 0 Å². The van der Waals surface area contributed by atoms with Gasteiger partial charge in [-0.15, -0.1) is 0 Å². The summed E-state index contributed by atoms with van der Waals surface area (Å²) >= 11 is 0. The van der Waals surface area contributed by atoms with Crippen molar-refractivity contribution in [3.8, 4) is 40.1 Å². The molecule has 1 aliphatic heterocycles. The Balaban J connectivity index is 1.93. The highest BCUT2D eigenvalue weighted by molar-refractivity contribution is 5.91. The normalized spacial score (nSPS) is 24.3. The van der Waals surface area contributed by atoms with E-state index in [0.717, 1.165) is 13.2 Å². The van der Waals surface area contributed by atoms with Crippen molar-refractivity contribution in [1.29, 1.82) is 0 Å². The van der Waals surface area contributed by atoms with Crippen LogP contribution in [-0.2, 0) is 9.53 Å². The fraction of sp³-hybridized carbons (Fsp3) is 0.273. The predicted octanol–water partition coefficient (Wildman–Crippen LogP) is -0.144. The van der Waals surface area contributed by atoms with E-state index in [4.69, 9.17) is 18.6 Å². The molecule has 13 heteroatoms. The Morgan fingerprint density at radius 1 is 0.971 bits per heavy atom. The van der Waals surface area contributed by atoms with E-state index in [1.54, 1.807) is 0 Å². The molecule has 0 bridgehead atoms. The van der Waals surface area contributed by atoms with Crippen LogP contribution in [0.5, 0.6) is 28.7 Å². The number of carboxylic acids is 1. The quantitative estimate of drug-likeness (QED) is 0.247. The first-order chi connectivity index (χ1) is 16.5. The summed E-state index contributed by atoms with van der Waals surface area (Å²) in [6.45, 7) is 0. The highest BCUT2D eigenvalue weighted by Gasteiger charge is 2.48. The smallest absolute Gasteiger partial charge is 0.335 e. The number of rotatable bonds is 5. The van der Waals surface area contributed by atoms with Gasteiger partial charge in [-0.1, -0.05) is 0 Å². The Kier molecular flexibility index (Phi) is 6.17. The van der Waals surface area contributed by atoms with E-state index in [2.05, 4.69) is 0 Å². The number of aliphatic carboxylic acids is 1. The third-order valence-corrected chi connectivity index (χ3v) is 5.43. The fourth-order valence-corrected chi connectivity index (χ4v) is 3.66. The number of hydrogen-bond donors (Lipinski definition) is 7. The molecular weight excluding hydrogens is 472 g/mol. The number of aliphatic hydroxyl groups is 3. The minimum Gasteiger partial charge on any atom is -0.508 e. The fourth-order valence-electron chi connectivity index (χ4n) is 3.66. The summed E-state index contributed by atoms with van der Waals surface area (Å²) in [6, 6.07) is 6.21. The summed E-state index contributed by atoms with van der Waals surface area (Å²) in [6.07, 6.45) is -9.97. The van der Waals surface area contributed by atoms with Gasteiger partial charge >= 0.3 is 5.97 Å². The maximum Gasteiger partial charge on any atom is 0.335 e. The molecule has 1 fully saturated rings. The third-order valence-electron chi connectivity index (χ3n) is 5.43. The zero-order valence-corrected chi connectivity index (χ0v) is 17.9. The average molecular weight is 492 g/mol. The summed E-state index contributed by atoms with van der Waals surface area (Å²) in [5.74, 6) is -4.55. The number of phenolic OH excluding ortho intramolecular Hbond substituents is 3.